The highest BCUT2D eigenvalue weighted by molar-refractivity contribution is 6.30. The smallest absolute Gasteiger partial charge is 0.132 e. The van der Waals surface area contributed by atoms with Crippen LogP contribution in [-0.2, 0) is 11.8 Å². The molecule has 0 aliphatic carbocycles. The molecule has 0 bridgehead atoms. The van der Waals surface area contributed by atoms with Crippen molar-refractivity contribution in [3.8, 4) is 0 Å². The van der Waals surface area contributed by atoms with Crippen LogP contribution in [0, 0.1) is 6.92 Å². The van der Waals surface area contributed by atoms with E-state index in [2.05, 4.69) is 4.98 Å². The van der Waals surface area contributed by atoms with E-state index < -0.39 is 0 Å². The van der Waals surface area contributed by atoms with Crippen LogP contribution in [0.4, 0.5) is 0 Å². The molecule has 0 N–H and O–H groups in total. The zero-order valence-electron chi connectivity index (χ0n) is 6.57. The second-order valence-electron chi connectivity index (χ2n) is 2.46. The van der Waals surface area contributed by atoms with E-state index in [1.54, 1.807) is 0 Å². The van der Waals surface area contributed by atoms with E-state index in [1.165, 1.54) is 0 Å². The molecule has 0 aliphatic heterocycles. The maximum Gasteiger partial charge on any atom is 0.132 e. The van der Waals surface area contributed by atoms with Crippen LogP contribution in [0.25, 0.3) is 0 Å². The van der Waals surface area contributed by atoms with Gasteiger partial charge in [-0.1, -0.05) is 11.6 Å². The first kappa shape index (κ1) is 10.1. The summed E-state index contributed by atoms with van der Waals surface area (Å²) in [5, 5.41) is 0.490. The van der Waals surface area contributed by atoms with Crippen LogP contribution in [0.5, 0.6) is 0 Å². The maximum atomic E-state index is 5.85. The minimum absolute atomic E-state index is 0.365. The molecule has 0 spiro atoms. The van der Waals surface area contributed by atoms with Crippen molar-refractivity contribution in [1.82, 2.24) is 4.98 Å². The van der Waals surface area contributed by atoms with Crippen LogP contribution in [0.3, 0.4) is 0 Å². The molecular formula is C8H8Cl3N. The van der Waals surface area contributed by atoms with Crippen LogP contribution >= 0.6 is 34.8 Å². The van der Waals surface area contributed by atoms with Crippen molar-refractivity contribution in [3.05, 3.63) is 28.0 Å². The lowest BCUT2D eigenvalue weighted by Gasteiger charge is -2.05. The fourth-order valence-electron chi connectivity index (χ4n) is 0.891. The predicted octanol–water partition coefficient (Wildman–Crippen LogP) is 3.52. The summed E-state index contributed by atoms with van der Waals surface area (Å²) in [6.07, 6.45) is 0. The first-order chi connectivity index (χ1) is 5.69. The summed E-state index contributed by atoms with van der Waals surface area (Å²) in [6.45, 7) is 1.89. The molecule has 0 amide bonds. The molecule has 12 heavy (non-hydrogen) atoms. The highest BCUT2D eigenvalue weighted by Gasteiger charge is 2.05. The van der Waals surface area contributed by atoms with Gasteiger partial charge in [0.05, 0.1) is 11.6 Å². The molecule has 1 rings (SSSR count). The van der Waals surface area contributed by atoms with Gasteiger partial charge >= 0.3 is 0 Å². The first-order valence-electron chi connectivity index (χ1n) is 3.46. The number of hydrogen-bond donors (Lipinski definition) is 0. The molecule has 0 saturated carbocycles. The summed E-state index contributed by atoms with van der Waals surface area (Å²) in [5.74, 6) is 0.807. The van der Waals surface area contributed by atoms with E-state index in [1.807, 2.05) is 13.0 Å². The third-order valence-corrected chi connectivity index (χ3v) is 2.58. The lowest BCUT2D eigenvalue weighted by molar-refractivity contribution is 1.11. The van der Waals surface area contributed by atoms with E-state index in [4.69, 9.17) is 34.8 Å². The van der Waals surface area contributed by atoms with Gasteiger partial charge in [-0.3, -0.25) is 0 Å². The van der Waals surface area contributed by atoms with Gasteiger partial charge in [0, 0.05) is 5.88 Å². The average Bonchev–Trinajstić information content (AvgIpc) is 2.09. The normalized spacial score (nSPS) is 10.3. The molecule has 0 saturated heterocycles. The quantitative estimate of drug-likeness (QED) is 0.553. The molecule has 0 atom stereocenters. The topological polar surface area (TPSA) is 12.9 Å². The Balaban J connectivity index is 3.19. The Morgan fingerprint density at radius 2 is 2.00 bits per heavy atom. The second kappa shape index (κ2) is 4.31. The Morgan fingerprint density at radius 1 is 1.33 bits per heavy atom. The predicted molar refractivity (Wildman–Crippen MR) is 53.1 cm³/mol. The number of halogens is 3. The molecule has 1 aromatic heterocycles. The largest absolute Gasteiger partial charge is 0.240 e. The zero-order valence-corrected chi connectivity index (χ0v) is 8.84. The lowest BCUT2D eigenvalue weighted by atomic mass is 10.1. The molecule has 0 radical (unpaired) electrons. The van der Waals surface area contributed by atoms with Crippen molar-refractivity contribution in [2.45, 2.75) is 18.7 Å². The van der Waals surface area contributed by atoms with Crippen molar-refractivity contribution >= 4 is 34.8 Å². The van der Waals surface area contributed by atoms with Gasteiger partial charge in [0.15, 0.2) is 0 Å². The highest BCUT2D eigenvalue weighted by atomic mass is 35.5. The number of rotatable bonds is 2. The van der Waals surface area contributed by atoms with Crippen molar-refractivity contribution in [2.24, 2.45) is 0 Å². The molecule has 0 aromatic carbocycles. The van der Waals surface area contributed by atoms with Crippen molar-refractivity contribution in [2.75, 3.05) is 0 Å². The maximum absolute atomic E-state index is 5.85. The molecule has 66 valence electrons. The zero-order chi connectivity index (χ0) is 9.14. The molecule has 0 fully saturated rings. The van der Waals surface area contributed by atoms with Crippen LogP contribution in [0.2, 0.25) is 5.15 Å². The molecule has 0 aliphatic rings. The lowest BCUT2D eigenvalue weighted by Crippen LogP contribution is -1.94. The standard InChI is InChI=1S/C8H8Cl3N/c1-5-6(3-9)2-7(4-10)12-8(5)11/h2H,3-4H2,1H3. The van der Waals surface area contributed by atoms with Crippen molar-refractivity contribution < 1.29 is 0 Å². The van der Waals surface area contributed by atoms with Gasteiger partial charge in [-0.25, -0.2) is 4.98 Å². The monoisotopic (exact) mass is 223 g/mol. The molecule has 0 unspecified atom stereocenters. The van der Waals surface area contributed by atoms with Gasteiger partial charge < -0.3 is 0 Å². The van der Waals surface area contributed by atoms with Gasteiger partial charge in [-0.15, -0.1) is 23.2 Å². The Bertz CT molecular complexity index is 286. The fourth-order valence-corrected chi connectivity index (χ4v) is 1.54. The Morgan fingerprint density at radius 3 is 2.50 bits per heavy atom. The Kier molecular flexibility index (Phi) is 3.63. The second-order valence-corrected chi connectivity index (χ2v) is 3.35. The average molecular weight is 225 g/mol. The van der Waals surface area contributed by atoms with Crippen LogP contribution < -0.4 is 0 Å². The summed E-state index contributed by atoms with van der Waals surface area (Å²) >= 11 is 17.2. The van der Waals surface area contributed by atoms with Crippen LogP contribution in [0.1, 0.15) is 16.8 Å². The van der Waals surface area contributed by atoms with Gasteiger partial charge in [0.1, 0.15) is 5.15 Å². The minimum Gasteiger partial charge on any atom is -0.240 e. The summed E-state index contributed by atoms with van der Waals surface area (Å²) in [7, 11) is 0. The number of hydrogen-bond acceptors (Lipinski definition) is 1. The molecule has 1 aromatic rings. The van der Waals surface area contributed by atoms with E-state index in [-0.39, 0.29) is 0 Å². The highest BCUT2D eigenvalue weighted by Crippen LogP contribution is 2.20. The van der Waals surface area contributed by atoms with Gasteiger partial charge in [0.2, 0.25) is 0 Å². The summed E-state index contributed by atoms with van der Waals surface area (Å²) in [4.78, 5) is 4.07. The number of alkyl halides is 2. The fraction of sp³-hybridized carbons (Fsp3) is 0.375. The molecule has 1 heterocycles. The molecule has 1 nitrogen and oxygen atoms in total. The third kappa shape index (κ3) is 2.03. The summed E-state index contributed by atoms with van der Waals surface area (Å²) in [6, 6.07) is 1.88. The first-order valence-corrected chi connectivity index (χ1v) is 4.90. The third-order valence-electron chi connectivity index (χ3n) is 1.65. The molecule has 4 heteroatoms. The summed E-state index contributed by atoms with van der Waals surface area (Å²) < 4.78 is 0. The van der Waals surface area contributed by atoms with Crippen LogP contribution in [0.15, 0.2) is 6.07 Å². The number of nitrogens with zero attached hydrogens (tertiary/aromatic N) is 1. The summed E-state index contributed by atoms with van der Waals surface area (Å²) in [5.41, 5.74) is 2.69. The van der Waals surface area contributed by atoms with Gasteiger partial charge in [0.25, 0.3) is 0 Å². The minimum atomic E-state index is 0.365. The van der Waals surface area contributed by atoms with E-state index in [0.717, 1.165) is 16.8 Å². The van der Waals surface area contributed by atoms with Gasteiger partial charge in [-0.05, 0) is 24.1 Å². The van der Waals surface area contributed by atoms with Crippen molar-refractivity contribution in [3.63, 3.8) is 0 Å². The SMILES string of the molecule is Cc1c(CCl)cc(CCl)nc1Cl. The van der Waals surface area contributed by atoms with Gasteiger partial charge in [-0.2, -0.15) is 0 Å². The molecular weight excluding hydrogens is 216 g/mol. The van der Waals surface area contributed by atoms with Crippen LogP contribution in [-0.4, -0.2) is 4.98 Å². The Labute approximate surface area is 86.7 Å². The van der Waals surface area contributed by atoms with E-state index >= 15 is 0 Å². The van der Waals surface area contributed by atoms with E-state index in [0.29, 0.717) is 16.9 Å². The Hall–Kier alpha value is 0.0200. The number of aromatic nitrogens is 1. The van der Waals surface area contributed by atoms with Crippen molar-refractivity contribution in [1.29, 1.82) is 0 Å². The van der Waals surface area contributed by atoms with E-state index in [9.17, 15) is 0 Å². The number of pyridine rings is 1.